The number of carboxylic acid groups (broad SMARTS) is 1. The second-order valence-corrected chi connectivity index (χ2v) is 4.94. The van der Waals surface area contributed by atoms with Crippen LogP contribution in [0.1, 0.15) is 33.6 Å². The van der Waals surface area contributed by atoms with Gasteiger partial charge < -0.3 is 10.0 Å². The molecule has 0 aromatic heterocycles. The highest BCUT2D eigenvalue weighted by Crippen LogP contribution is 2.18. The van der Waals surface area contributed by atoms with Gasteiger partial charge in [0, 0.05) is 25.6 Å². The van der Waals surface area contributed by atoms with Gasteiger partial charge in [0.1, 0.15) is 0 Å². The maximum atomic E-state index is 11.6. The standard InChI is InChI=1S/C12H22N2O3/c1-9(2)14(10(3)15)11-5-4-6-13(7-11)8-12(16)17/h9,11H,4-8H2,1-3H3,(H,16,17)/t11-/m1/s1. The molecular weight excluding hydrogens is 220 g/mol. The Balaban J connectivity index is 2.63. The van der Waals surface area contributed by atoms with Crippen molar-refractivity contribution in [1.29, 1.82) is 0 Å². The molecule has 1 N–H and O–H groups in total. The third-order valence-electron chi connectivity index (χ3n) is 3.15. The molecule has 1 aliphatic rings. The van der Waals surface area contributed by atoms with Crippen LogP contribution in [0.4, 0.5) is 0 Å². The molecular formula is C12H22N2O3. The molecule has 0 unspecified atom stereocenters. The van der Waals surface area contributed by atoms with Gasteiger partial charge in [-0.2, -0.15) is 0 Å². The summed E-state index contributed by atoms with van der Waals surface area (Å²) < 4.78 is 0. The molecule has 0 bridgehead atoms. The van der Waals surface area contributed by atoms with Crippen molar-refractivity contribution < 1.29 is 14.7 Å². The third kappa shape index (κ3) is 4.00. The summed E-state index contributed by atoms with van der Waals surface area (Å²) in [5, 5.41) is 8.79. The summed E-state index contributed by atoms with van der Waals surface area (Å²) in [6, 6.07) is 0.322. The molecule has 0 radical (unpaired) electrons. The molecule has 0 spiro atoms. The van der Waals surface area contributed by atoms with Crippen LogP contribution in [0.25, 0.3) is 0 Å². The van der Waals surface area contributed by atoms with Crippen LogP contribution in [-0.4, -0.2) is 58.5 Å². The Morgan fingerprint density at radius 2 is 2.12 bits per heavy atom. The molecule has 1 heterocycles. The van der Waals surface area contributed by atoms with E-state index in [-0.39, 0.29) is 24.5 Å². The van der Waals surface area contributed by atoms with Crippen LogP contribution in [0.2, 0.25) is 0 Å². The van der Waals surface area contributed by atoms with E-state index in [9.17, 15) is 9.59 Å². The number of hydrogen-bond acceptors (Lipinski definition) is 3. The molecule has 98 valence electrons. The SMILES string of the molecule is CC(=O)N(C(C)C)[C@@H]1CCCN(CC(=O)O)C1. The van der Waals surface area contributed by atoms with Crippen LogP contribution < -0.4 is 0 Å². The van der Waals surface area contributed by atoms with E-state index in [4.69, 9.17) is 5.11 Å². The Morgan fingerprint density at radius 3 is 2.59 bits per heavy atom. The lowest BCUT2D eigenvalue weighted by Gasteiger charge is -2.40. The minimum absolute atomic E-state index is 0.0698. The van der Waals surface area contributed by atoms with Gasteiger partial charge in [-0.05, 0) is 33.2 Å². The molecule has 1 aliphatic heterocycles. The first kappa shape index (κ1) is 14.0. The van der Waals surface area contributed by atoms with Gasteiger partial charge in [0.2, 0.25) is 5.91 Å². The Hall–Kier alpha value is -1.10. The van der Waals surface area contributed by atoms with Gasteiger partial charge in [-0.15, -0.1) is 0 Å². The van der Waals surface area contributed by atoms with E-state index < -0.39 is 5.97 Å². The summed E-state index contributed by atoms with van der Waals surface area (Å²) in [6.07, 6.45) is 1.92. The number of carbonyl (C=O) groups is 2. The summed E-state index contributed by atoms with van der Waals surface area (Å²) in [7, 11) is 0. The predicted octanol–water partition coefficient (Wildman–Crippen LogP) is 0.792. The first-order valence-corrected chi connectivity index (χ1v) is 6.15. The smallest absolute Gasteiger partial charge is 0.317 e. The number of hydrogen-bond donors (Lipinski definition) is 1. The zero-order valence-electron chi connectivity index (χ0n) is 10.8. The van der Waals surface area contributed by atoms with Crippen molar-refractivity contribution in [2.45, 2.75) is 45.7 Å². The molecule has 5 heteroatoms. The first-order chi connectivity index (χ1) is 7.91. The van der Waals surface area contributed by atoms with E-state index in [0.29, 0.717) is 6.54 Å². The monoisotopic (exact) mass is 242 g/mol. The second-order valence-electron chi connectivity index (χ2n) is 4.94. The average Bonchev–Trinajstić information content (AvgIpc) is 2.15. The largest absolute Gasteiger partial charge is 0.480 e. The number of likely N-dealkylation sites (tertiary alicyclic amines) is 1. The average molecular weight is 242 g/mol. The topological polar surface area (TPSA) is 60.9 Å². The molecule has 5 nitrogen and oxygen atoms in total. The fourth-order valence-electron chi connectivity index (χ4n) is 2.64. The number of carboxylic acids is 1. The molecule has 1 rings (SSSR count). The Labute approximate surface area is 102 Å². The summed E-state index contributed by atoms with van der Waals surface area (Å²) in [5.74, 6) is -0.730. The molecule has 0 saturated carbocycles. The molecule has 1 amide bonds. The quantitative estimate of drug-likeness (QED) is 0.792. The molecule has 17 heavy (non-hydrogen) atoms. The van der Waals surface area contributed by atoms with Crippen molar-refractivity contribution in [2.24, 2.45) is 0 Å². The van der Waals surface area contributed by atoms with Crippen LogP contribution in [-0.2, 0) is 9.59 Å². The highest BCUT2D eigenvalue weighted by Gasteiger charge is 2.29. The predicted molar refractivity (Wildman–Crippen MR) is 64.8 cm³/mol. The number of nitrogens with zero attached hydrogens (tertiary/aromatic N) is 2. The Morgan fingerprint density at radius 1 is 1.47 bits per heavy atom. The second kappa shape index (κ2) is 6.00. The van der Waals surface area contributed by atoms with Crippen molar-refractivity contribution in [3.05, 3.63) is 0 Å². The molecule has 1 saturated heterocycles. The van der Waals surface area contributed by atoms with Crippen molar-refractivity contribution in [3.8, 4) is 0 Å². The van der Waals surface area contributed by atoms with Crippen molar-refractivity contribution in [1.82, 2.24) is 9.80 Å². The maximum Gasteiger partial charge on any atom is 0.317 e. The number of carbonyl (C=O) groups excluding carboxylic acids is 1. The van der Waals surface area contributed by atoms with E-state index >= 15 is 0 Å². The summed E-state index contributed by atoms with van der Waals surface area (Å²) in [4.78, 5) is 26.1. The molecule has 0 aliphatic carbocycles. The summed E-state index contributed by atoms with van der Waals surface area (Å²) in [5.41, 5.74) is 0. The Kier molecular flexibility index (Phi) is 4.93. The number of aliphatic carboxylic acids is 1. The van der Waals surface area contributed by atoms with Crippen LogP contribution in [0.5, 0.6) is 0 Å². The zero-order valence-corrected chi connectivity index (χ0v) is 10.8. The Bertz CT molecular complexity index is 291. The molecule has 1 fully saturated rings. The number of amides is 1. The van der Waals surface area contributed by atoms with Gasteiger partial charge in [-0.25, -0.2) is 0 Å². The van der Waals surface area contributed by atoms with Gasteiger partial charge in [0.15, 0.2) is 0 Å². The lowest BCUT2D eigenvalue weighted by atomic mass is 10.0. The van der Waals surface area contributed by atoms with E-state index in [0.717, 1.165) is 19.4 Å². The summed E-state index contributed by atoms with van der Waals surface area (Å²) >= 11 is 0. The maximum absolute atomic E-state index is 11.6. The molecule has 1 atom stereocenters. The van der Waals surface area contributed by atoms with E-state index in [1.54, 1.807) is 6.92 Å². The van der Waals surface area contributed by atoms with E-state index in [1.807, 2.05) is 23.6 Å². The minimum atomic E-state index is -0.801. The zero-order chi connectivity index (χ0) is 13.0. The highest BCUT2D eigenvalue weighted by atomic mass is 16.4. The molecule has 0 aromatic rings. The number of piperidine rings is 1. The fraction of sp³-hybridized carbons (Fsp3) is 0.833. The van der Waals surface area contributed by atoms with E-state index in [2.05, 4.69) is 0 Å². The van der Waals surface area contributed by atoms with Crippen molar-refractivity contribution in [3.63, 3.8) is 0 Å². The highest BCUT2D eigenvalue weighted by molar-refractivity contribution is 5.74. The van der Waals surface area contributed by atoms with E-state index in [1.165, 1.54) is 0 Å². The molecule has 0 aromatic carbocycles. The van der Waals surface area contributed by atoms with Gasteiger partial charge in [-0.3, -0.25) is 14.5 Å². The minimum Gasteiger partial charge on any atom is -0.480 e. The first-order valence-electron chi connectivity index (χ1n) is 6.15. The van der Waals surface area contributed by atoms with Crippen LogP contribution >= 0.6 is 0 Å². The van der Waals surface area contributed by atoms with Crippen molar-refractivity contribution >= 4 is 11.9 Å². The van der Waals surface area contributed by atoms with Crippen LogP contribution in [0.15, 0.2) is 0 Å². The third-order valence-corrected chi connectivity index (χ3v) is 3.15. The fourth-order valence-corrected chi connectivity index (χ4v) is 2.64. The van der Waals surface area contributed by atoms with Crippen LogP contribution in [0, 0.1) is 0 Å². The van der Waals surface area contributed by atoms with Gasteiger partial charge in [0.05, 0.1) is 6.54 Å². The number of rotatable bonds is 4. The normalized spacial score (nSPS) is 21.5. The summed E-state index contributed by atoms with van der Waals surface area (Å²) in [6.45, 7) is 7.13. The van der Waals surface area contributed by atoms with Gasteiger partial charge >= 0.3 is 5.97 Å². The van der Waals surface area contributed by atoms with Gasteiger partial charge in [-0.1, -0.05) is 0 Å². The van der Waals surface area contributed by atoms with Crippen LogP contribution in [0.3, 0.4) is 0 Å². The van der Waals surface area contributed by atoms with Crippen molar-refractivity contribution in [2.75, 3.05) is 19.6 Å². The lowest BCUT2D eigenvalue weighted by molar-refractivity contribution is -0.139. The lowest BCUT2D eigenvalue weighted by Crippen LogP contribution is -2.52. The van der Waals surface area contributed by atoms with Gasteiger partial charge in [0.25, 0.3) is 0 Å².